The van der Waals surface area contributed by atoms with Gasteiger partial charge < -0.3 is 5.73 Å². The van der Waals surface area contributed by atoms with Crippen molar-refractivity contribution in [1.82, 2.24) is 10.2 Å². The molecule has 1 unspecified atom stereocenters. The van der Waals surface area contributed by atoms with Gasteiger partial charge in [0, 0.05) is 11.8 Å². The van der Waals surface area contributed by atoms with Gasteiger partial charge in [0.05, 0.1) is 12.2 Å². The normalized spacial score (nSPS) is 19.9. The van der Waals surface area contributed by atoms with Crippen LogP contribution in [0.5, 0.6) is 0 Å². The summed E-state index contributed by atoms with van der Waals surface area (Å²) >= 11 is 0. The molecule has 2 rings (SSSR count). The molecule has 1 aliphatic rings. The molecule has 0 amide bonds. The Morgan fingerprint density at radius 2 is 2.29 bits per heavy atom. The number of hydrogen-bond donors (Lipinski definition) is 2. The zero-order chi connectivity index (χ0) is 9.80. The van der Waals surface area contributed by atoms with Gasteiger partial charge in [0.25, 0.3) is 0 Å². The second kappa shape index (κ2) is 4.42. The van der Waals surface area contributed by atoms with Crippen molar-refractivity contribution in [2.24, 2.45) is 5.73 Å². The van der Waals surface area contributed by atoms with Gasteiger partial charge >= 0.3 is 0 Å². The summed E-state index contributed by atoms with van der Waals surface area (Å²) < 4.78 is 0. The molecule has 14 heavy (non-hydrogen) atoms. The predicted molar refractivity (Wildman–Crippen MR) is 56.7 cm³/mol. The van der Waals surface area contributed by atoms with Crippen molar-refractivity contribution >= 4 is 0 Å². The Labute approximate surface area is 84.4 Å². The van der Waals surface area contributed by atoms with E-state index in [1.807, 2.05) is 12.4 Å². The number of aromatic amines is 1. The molecular weight excluding hydrogens is 174 g/mol. The van der Waals surface area contributed by atoms with Crippen LogP contribution in [-0.4, -0.2) is 10.2 Å². The van der Waals surface area contributed by atoms with E-state index in [9.17, 15) is 0 Å². The monoisotopic (exact) mass is 191 g/mol. The van der Waals surface area contributed by atoms with Crippen LogP contribution in [0.15, 0.2) is 24.0 Å². The lowest BCUT2D eigenvalue weighted by molar-refractivity contribution is 0.688. The second-order valence-electron chi connectivity index (χ2n) is 3.89. The van der Waals surface area contributed by atoms with Crippen LogP contribution in [0.3, 0.4) is 0 Å². The molecule has 1 aliphatic carbocycles. The number of H-pyrrole nitrogens is 1. The molecule has 0 radical (unpaired) electrons. The summed E-state index contributed by atoms with van der Waals surface area (Å²) in [4.78, 5) is 0. The maximum Gasteiger partial charge on any atom is 0.0542 e. The fourth-order valence-corrected chi connectivity index (χ4v) is 1.97. The highest BCUT2D eigenvalue weighted by Crippen LogP contribution is 2.26. The molecule has 0 saturated carbocycles. The molecule has 0 fully saturated rings. The smallest absolute Gasteiger partial charge is 0.0542 e. The fraction of sp³-hybridized carbons (Fsp3) is 0.545. The summed E-state index contributed by atoms with van der Waals surface area (Å²) in [5.41, 5.74) is 8.63. The molecular formula is C11H17N3. The topological polar surface area (TPSA) is 54.7 Å². The number of nitrogens with zero attached hydrogens (tertiary/aromatic N) is 1. The minimum absolute atomic E-state index is 0.0480. The van der Waals surface area contributed by atoms with E-state index in [2.05, 4.69) is 16.3 Å². The Morgan fingerprint density at radius 3 is 3.07 bits per heavy atom. The molecule has 3 nitrogen and oxygen atoms in total. The van der Waals surface area contributed by atoms with Gasteiger partial charge in [-0.1, -0.05) is 18.1 Å². The van der Waals surface area contributed by atoms with Crippen molar-refractivity contribution in [3.8, 4) is 0 Å². The standard InChI is InChI=1S/C11H17N3/c12-11(10-7-13-14-8-10)9-5-3-1-2-4-6-9/h5,7-8,11H,1-4,6,12H2,(H,13,14). The van der Waals surface area contributed by atoms with E-state index in [0.29, 0.717) is 0 Å². The highest BCUT2D eigenvalue weighted by atomic mass is 15.1. The zero-order valence-electron chi connectivity index (χ0n) is 8.37. The van der Waals surface area contributed by atoms with Gasteiger partial charge in [-0.15, -0.1) is 0 Å². The summed E-state index contributed by atoms with van der Waals surface area (Å²) in [5, 5.41) is 6.74. The largest absolute Gasteiger partial charge is 0.320 e. The first-order chi connectivity index (χ1) is 6.88. The van der Waals surface area contributed by atoms with E-state index in [1.165, 1.54) is 31.3 Å². The van der Waals surface area contributed by atoms with E-state index >= 15 is 0 Å². The first-order valence-corrected chi connectivity index (χ1v) is 5.31. The third-order valence-corrected chi connectivity index (χ3v) is 2.85. The van der Waals surface area contributed by atoms with Gasteiger partial charge in [-0.2, -0.15) is 5.10 Å². The number of allylic oxidation sites excluding steroid dienone is 1. The second-order valence-corrected chi connectivity index (χ2v) is 3.89. The van der Waals surface area contributed by atoms with Crippen LogP contribution in [-0.2, 0) is 0 Å². The van der Waals surface area contributed by atoms with Crippen LogP contribution in [0.1, 0.15) is 43.7 Å². The van der Waals surface area contributed by atoms with E-state index in [4.69, 9.17) is 5.73 Å². The van der Waals surface area contributed by atoms with Crippen molar-refractivity contribution in [1.29, 1.82) is 0 Å². The Bertz CT molecular complexity index is 300. The van der Waals surface area contributed by atoms with Crippen LogP contribution >= 0.6 is 0 Å². The Kier molecular flexibility index (Phi) is 2.99. The highest BCUT2D eigenvalue weighted by molar-refractivity contribution is 5.23. The van der Waals surface area contributed by atoms with Gasteiger partial charge in [-0.05, 0) is 25.7 Å². The Morgan fingerprint density at radius 1 is 1.36 bits per heavy atom. The predicted octanol–water partition coefficient (Wildman–Crippen LogP) is 2.30. The number of hydrogen-bond acceptors (Lipinski definition) is 2. The molecule has 3 heteroatoms. The average Bonchev–Trinajstić information content (AvgIpc) is 2.59. The maximum atomic E-state index is 6.16. The van der Waals surface area contributed by atoms with E-state index in [-0.39, 0.29) is 6.04 Å². The van der Waals surface area contributed by atoms with Crippen LogP contribution in [0, 0.1) is 0 Å². The van der Waals surface area contributed by atoms with Crippen LogP contribution < -0.4 is 5.73 Å². The highest BCUT2D eigenvalue weighted by Gasteiger charge is 2.13. The maximum absolute atomic E-state index is 6.16. The molecule has 76 valence electrons. The third kappa shape index (κ3) is 2.04. The van der Waals surface area contributed by atoms with Crippen LogP contribution in [0.4, 0.5) is 0 Å². The lowest BCUT2D eigenvalue weighted by Crippen LogP contribution is -2.12. The summed E-state index contributed by atoms with van der Waals surface area (Å²) in [6, 6.07) is 0.0480. The molecule has 0 saturated heterocycles. The molecule has 0 aliphatic heterocycles. The first-order valence-electron chi connectivity index (χ1n) is 5.31. The van der Waals surface area contributed by atoms with E-state index < -0.39 is 0 Å². The minimum atomic E-state index is 0.0480. The molecule has 1 aromatic heterocycles. The summed E-state index contributed by atoms with van der Waals surface area (Å²) in [6.45, 7) is 0. The van der Waals surface area contributed by atoms with Crippen molar-refractivity contribution in [2.45, 2.75) is 38.1 Å². The molecule has 0 aromatic carbocycles. The number of aromatic nitrogens is 2. The number of rotatable bonds is 2. The first kappa shape index (κ1) is 9.46. The summed E-state index contributed by atoms with van der Waals surface area (Å²) in [5.74, 6) is 0. The van der Waals surface area contributed by atoms with Crippen LogP contribution in [0.2, 0.25) is 0 Å². The Hall–Kier alpha value is -1.09. The van der Waals surface area contributed by atoms with E-state index in [1.54, 1.807) is 0 Å². The quantitative estimate of drug-likeness (QED) is 0.705. The Balaban J connectivity index is 2.10. The van der Waals surface area contributed by atoms with Gasteiger partial charge in [-0.25, -0.2) is 0 Å². The molecule has 3 N–H and O–H groups in total. The summed E-state index contributed by atoms with van der Waals surface area (Å²) in [7, 11) is 0. The SMILES string of the molecule is NC(C1=CCCCCC1)c1cn[nH]c1. The molecule has 0 spiro atoms. The van der Waals surface area contributed by atoms with Gasteiger partial charge in [-0.3, -0.25) is 5.10 Å². The molecule has 1 heterocycles. The van der Waals surface area contributed by atoms with Gasteiger partial charge in [0.1, 0.15) is 0 Å². The lowest BCUT2D eigenvalue weighted by atomic mass is 9.98. The lowest BCUT2D eigenvalue weighted by Gasteiger charge is -2.12. The summed E-state index contributed by atoms with van der Waals surface area (Å²) in [6.07, 6.45) is 12.3. The molecule has 1 aromatic rings. The number of nitrogens with two attached hydrogens (primary N) is 1. The van der Waals surface area contributed by atoms with Crippen molar-refractivity contribution in [3.05, 3.63) is 29.6 Å². The molecule has 1 atom stereocenters. The number of nitrogens with one attached hydrogen (secondary N) is 1. The van der Waals surface area contributed by atoms with Crippen molar-refractivity contribution in [3.63, 3.8) is 0 Å². The zero-order valence-corrected chi connectivity index (χ0v) is 8.37. The third-order valence-electron chi connectivity index (χ3n) is 2.85. The van der Waals surface area contributed by atoms with Crippen molar-refractivity contribution in [2.75, 3.05) is 0 Å². The minimum Gasteiger partial charge on any atom is -0.320 e. The van der Waals surface area contributed by atoms with Gasteiger partial charge in [0.2, 0.25) is 0 Å². The average molecular weight is 191 g/mol. The molecule has 0 bridgehead atoms. The fourth-order valence-electron chi connectivity index (χ4n) is 1.97. The van der Waals surface area contributed by atoms with Crippen molar-refractivity contribution < 1.29 is 0 Å². The van der Waals surface area contributed by atoms with Gasteiger partial charge in [0.15, 0.2) is 0 Å². The van der Waals surface area contributed by atoms with Crippen LogP contribution in [0.25, 0.3) is 0 Å². The van der Waals surface area contributed by atoms with E-state index in [0.717, 1.165) is 12.0 Å².